The van der Waals surface area contributed by atoms with Crippen LogP contribution in [-0.4, -0.2) is 47.0 Å². The number of hydrogen-bond acceptors (Lipinski definition) is 4. The van der Waals surface area contributed by atoms with Gasteiger partial charge in [0, 0.05) is 12.6 Å². The van der Waals surface area contributed by atoms with Crippen LogP contribution in [0.4, 0.5) is 13.2 Å². The molecule has 0 radical (unpaired) electrons. The number of ether oxygens (including phenoxy) is 2. The largest absolute Gasteiger partial charge is 0.491 e. The topological polar surface area (TPSA) is 65.4 Å². The highest BCUT2D eigenvalue weighted by molar-refractivity contribution is 5.92. The van der Waals surface area contributed by atoms with Gasteiger partial charge in [0.1, 0.15) is 30.5 Å². The second kappa shape index (κ2) is 7.46. The molecule has 0 saturated heterocycles. The molecule has 2 aliphatic rings. The van der Waals surface area contributed by atoms with Crippen molar-refractivity contribution in [3.8, 4) is 5.75 Å². The summed E-state index contributed by atoms with van der Waals surface area (Å²) < 4.78 is 49.3. The first-order chi connectivity index (χ1) is 13.4. The van der Waals surface area contributed by atoms with Gasteiger partial charge in [-0.1, -0.05) is 18.2 Å². The van der Waals surface area contributed by atoms with E-state index in [2.05, 4.69) is 10.3 Å². The Balaban J connectivity index is 1.36. The molecule has 28 heavy (non-hydrogen) atoms. The molecule has 1 N–H and O–H groups in total. The molecule has 1 amide bonds. The van der Waals surface area contributed by atoms with E-state index in [1.165, 1.54) is 0 Å². The van der Waals surface area contributed by atoms with Crippen molar-refractivity contribution in [2.75, 3.05) is 13.2 Å². The number of fused-ring (bicyclic) bond motifs is 2. The van der Waals surface area contributed by atoms with E-state index < -0.39 is 18.9 Å². The highest BCUT2D eigenvalue weighted by atomic mass is 19.4. The molecule has 0 saturated carbocycles. The van der Waals surface area contributed by atoms with Gasteiger partial charge in [-0.25, -0.2) is 4.98 Å². The summed E-state index contributed by atoms with van der Waals surface area (Å²) in [7, 11) is 0. The molecule has 1 aromatic heterocycles. The van der Waals surface area contributed by atoms with Crippen LogP contribution in [0.25, 0.3) is 0 Å². The zero-order chi connectivity index (χ0) is 19.7. The normalized spacial score (nSPS) is 21.4. The molecule has 9 heteroatoms. The first kappa shape index (κ1) is 18.8. The lowest BCUT2D eigenvalue weighted by atomic mass is 10.0. The minimum atomic E-state index is -4.35. The smallest absolute Gasteiger partial charge is 0.411 e. The van der Waals surface area contributed by atoms with Gasteiger partial charge in [-0.3, -0.25) is 4.79 Å². The van der Waals surface area contributed by atoms with Crippen molar-refractivity contribution in [2.24, 2.45) is 0 Å². The van der Waals surface area contributed by atoms with E-state index in [1.54, 1.807) is 10.8 Å². The zero-order valence-corrected chi connectivity index (χ0v) is 15.0. The lowest BCUT2D eigenvalue weighted by Crippen LogP contribution is -2.42. The van der Waals surface area contributed by atoms with Gasteiger partial charge < -0.3 is 19.4 Å². The number of halogens is 3. The van der Waals surface area contributed by atoms with Crippen LogP contribution in [0.5, 0.6) is 5.75 Å². The number of hydrogen-bond donors (Lipinski definition) is 1. The van der Waals surface area contributed by atoms with E-state index in [4.69, 9.17) is 9.47 Å². The molecule has 0 fully saturated rings. The number of rotatable bonds is 4. The van der Waals surface area contributed by atoms with Gasteiger partial charge in [0.05, 0.1) is 18.7 Å². The maximum absolute atomic E-state index is 12.6. The minimum Gasteiger partial charge on any atom is -0.491 e. The molecular weight excluding hydrogens is 375 g/mol. The van der Waals surface area contributed by atoms with Crippen molar-refractivity contribution < 1.29 is 27.4 Å². The number of amides is 1. The number of carbonyl (C=O) groups excluding carboxylic acids is 1. The standard InChI is InChI=1S/C19H20F3N3O3/c20-19(21,22)11-28-14-5-6-17-24-15(9-25(17)8-14)18(26)23-13-7-12-3-1-2-4-16(12)27-10-13/h1-4,9,13-14H,5-8,10-11H2,(H,23,26). The van der Waals surface area contributed by atoms with Crippen LogP contribution in [0.15, 0.2) is 30.5 Å². The number of aryl methyl sites for hydroxylation is 1. The van der Waals surface area contributed by atoms with Gasteiger partial charge >= 0.3 is 6.18 Å². The van der Waals surface area contributed by atoms with Crippen molar-refractivity contribution in [1.29, 1.82) is 0 Å². The summed E-state index contributed by atoms with van der Waals surface area (Å²) in [6.45, 7) is -0.631. The summed E-state index contributed by atoms with van der Waals surface area (Å²) in [6.07, 6.45) is -1.73. The molecule has 2 unspecified atom stereocenters. The van der Waals surface area contributed by atoms with Crippen LogP contribution < -0.4 is 10.1 Å². The number of nitrogens with one attached hydrogen (secondary N) is 1. The van der Waals surface area contributed by atoms with Gasteiger partial charge in [-0.2, -0.15) is 13.2 Å². The molecule has 4 rings (SSSR count). The summed E-state index contributed by atoms with van der Waals surface area (Å²) in [4.78, 5) is 16.9. The predicted octanol–water partition coefficient (Wildman–Crippen LogP) is 2.51. The Labute approximate surface area is 159 Å². The van der Waals surface area contributed by atoms with E-state index >= 15 is 0 Å². The van der Waals surface area contributed by atoms with Crippen molar-refractivity contribution in [3.05, 3.63) is 47.5 Å². The number of aromatic nitrogens is 2. The molecule has 0 spiro atoms. The Bertz CT molecular complexity index is 866. The first-order valence-corrected chi connectivity index (χ1v) is 9.13. The predicted molar refractivity (Wildman–Crippen MR) is 93.2 cm³/mol. The molecular formula is C19H20F3N3O3. The van der Waals surface area contributed by atoms with Crippen molar-refractivity contribution >= 4 is 5.91 Å². The van der Waals surface area contributed by atoms with E-state index in [-0.39, 0.29) is 24.2 Å². The van der Waals surface area contributed by atoms with E-state index in [1.807, 2.05) is 24.3 Å². The average molecular weight is 395 g/mol. The minimum absolute atomic E-state index is 0.163. The lowest BCUT2D eigenvalue weighted by molar-refractivity contribution is -0.187. The van der Waals surface area contributed by atoms with Crippen LogP contribution in [0, 0.1) is 0 Å². The quantitative estimate of drug-likeness (QED) is 0.864. The Morgan fingerprint density at radius 2 is 2.18 bits per heavy atom. The van der Waals surface area contributed by atoms with Gasteiger partial charge in [0.15, 0.2) is 0 Å². The van der Waals surface area contributed by atoms with Gasteiger partial charge in [0.25, 0.3) is 5.91 Å². The Morgan fingerprint density at radius 1 is 1.36 bits per heavy atom. The molecule has 2 aliphatic heterocycles. The van der Waals surface area contributed by atoms with Gasteiger partial charge in [-0.05, 0) is 24.5 Å². The lowest BCUT2D eigenvalue weighted by Gasteiger charge is -2.25. The van der Waals surface area contributed by atoms with Crippen molar-refractivity contribution in [2.45, 2.75) is 44.1 Å². The number of alkyl halides is 3. The van der Waals surface area contributed by atoms with E-state index in [9.17, 15) is 18.0 Å². The van der Waals surface area contributed by atoms with Crippen LogP contribution in [0.1, 0.15) is 28.3 Å². The summed E-state index contributed by atoms with van der Waals surface area (Å²) in [5.74, 6) is 1.19. The number of benzene rings is 1. The zero-order valence-electron chi connectivity index (χ0n) is 15.0. The number of para-hydroxylation sites is 1. The summed E-state index contributed by atoms with van der Waals surface area (Å²) in [5.41, 5.74) is 1.29. The summed E-state index contributed by atoms with van der Waals surface area (Å²) in [5, 5.41) is 2.92. The molecule has 1 aromatic carbocycles. The molecule has 6 nitrogen and oxygen atoms in total. The third-order valence-electron chi connectivity index (χ3n) is 4.88. The van der Waals surface area contributed by atoms with Crippen LogP contribution in [-0.2, 0) is 24.1 Å². The number of nitrogens with zero attached hydrogens (tertiary/aromatic N) is 2. The van der Waals surface area contributed by atoms with Crippen LogP contribution in [0.2, 0.25) is 0 Å². The number of carbonyl (C=O) groups is 1. The van der Waals surface area contributed by atoms with E-state index in [0.29, 0.717) is 31.7 Å². The molecule has 2 aromatic rings. The highest BCUT2D eigenvalue weighted by Gasteiger charge is 2.31. The van der Waals surface area contributed by atoms with Crippen LogP contribution >= 0.6 is 0 Å². The average Bonchev–Trinajstić information content (AvgIpc) is 3.09. The Hall–Kier alpha value is -2.55. The molecule has 150 valence electrons. The SMILES string of the molecule is O=C(NC1COc2ccccc2C1)c1cn2c(n1)CCC(OCC(F)(F)F)C2. The molecule has 2 atom stereocenters. The molecule has 0 bridgehead atoms. The summed E-state index contributed by atoms with van der Waals surface area (Å²) >= 11 is 0. The van der Waals surface area contributed by atoms with Crippen molar-refractivity contribution in [1.82, 2.24) is 14.9 Å². The van der Waals surface area contributed by atoms with E-state index in [0.717, 1.165) is 11.3 Å². The van der Waals surface area contributed by atoms with Gasteiger partial charge in [-0.15, -0.1) is 0 Å². The maximum atomic E-state index is 12.6. The summed E-state index contributed by atoms with van der Waals surface area (Å²) in [6, 6.07) is 7.52. The fourth-order valence-corrected chi connectivity index (χ4v) is 3.55. The molecule has 0 aliphatic carbocycles. The van der Waals surface area contributed by atoms with Gasteiger partial charge in [0.2, 0.25) is 0 Å². The Morgan fingerprint density at radius 3 is 3.00 bits per heavy atom. The van der Waals surface area contributed by atoms with Crippen LogP contribution in [0.3, 0.4) is 0 Å². The second-order valence-electron chi connectivity index (χ2n) is 7.07. The monoisotopic (exact) mass is 395 g/mol. The first-order valence-electron chi connectivity index (χ1n) is 9.13. The maximum Gasteiger partial charge on any atom is 0.411 e. The molecule has 3 heterocycles. The third-order valence-corrected chi connectivity index (χ3v) is 4.88. The Kier molecular flexibility index (Phi) is 5.01. The number of imidazole rings is 1. The third kappa shape index (κ3) is 4.30. The second-order valence-corrected chi connectivity index (χ2v) is 7.07. The fourth-order valence-electron chi connectivity index (χ4n) is 3.55. The fraction of sp³-hybridized carbons (Fsp3) is 0.474. The van der Waals surface area contributed by atoms with Crippen molar-refractivity contribution in [3.63, 3.8) is 0 Å². The highest BCUT2D eigenvalue weighted by Crippen LogP contribution is 2.24.